The monoisotopic (exact) mass is 201 g/mol. The van der Waals surface area contributed by atoms with Crippen LogP contribution in [0.3, 0.4) is 0 Å². The zero-order chi connectivity index (χ0) is 11.0. The van der Waals surface area contributed by atoms with Gasteiger partial charge in [-0.1, -0.05) is 13.8 Å². The van der Waals surface area contributed by atoms with Crippen LogP contribution in [0.15, 0.2) is 0 Å². The van der Waals surface area contributed by atoms with E-state index in [4.69, 9.17) is 4.74 Å². The summed E-state index contributed by atoms with van der Waals surface area (Å²) < 4.78 is 5.35. The van der Waals surface area contributed by atoms with Gasteiger partial charge in [0, 0.05) is 19.6 Å². The lowest BCUT2D eigenvalue weighted by Crippen LogP contribution is -2.26. The third-order valence-electron chi connectivity index (χ3n) is 1.69. The van der Waals surface area contributed by atoms with Crippen LogP contribution >= 0.6 is 0 Å². The fraction of sp³-hybridized carbons (Fsp3) is 0.909. The van der Waals surface area contributed by atoms with E-state index in [0.29, 0.717) is 12.3 Å². The van der Waals surface area contributed by atoms with Crippen molar-refractivity contribution >= 4 is 5.91 Å². The zero-order valence-corrected chi connectivity index (χ0v) is 9.80. The van der Waals surface area contributed by atoms with Gasteiger partial charge in [0.15, 0.2) is 0 Å². The van der Waals surface area contributed by atoms with Gasteiger partial charge in [0.05, 0.1) is 6.10 Å². The van der Waals surface area contributed by atoms with Gasteiger partial charge in [0.2, 0.25) is 5.91 Å². The average molecular weight is 201 g/mol. The van der Waals surface area contributed by atoms with E-state index in [1.54, 1.807) is 0 Å². The molecule has 0 aromatic rings. The maximum atomic E-state index is 11.2. The summed E-state index contributed by atoms with van der Waals surface area (Å²) in [6, 6.07) is 0. The van der Waals surface area contributed by atoms with Crippen molar-refractivity contribution < 1.29 is 9.53 Å². The number of nitrogens with one attached hydrogen (secondary N) is 1. The van der Waals surface area contributed by atoms with Crippen LogP contribution in [0, 0.1) is 5.92 Å². The summed E-state index contributed by atoms with van der Waals surface area (Å²) in [4.78, 5) is 11.2. The second kappa shape index (κ2) is 7.80. The second-order valence-electron chi connectivity index (χ2n) is 4.22. The Labute approximate surface area is 87.2 Å². The van der Waals surface area contributed by atoms with Crippen LogP contribution in [0.4, 0.5) is 0 Å². The highest BCUT2D eigenvalue weighted by atomic mass is 16.5. The highest BCUT2D eigenvalue weighted by Gasteiger charge is 2.03. The van der Waals surface area contributed by atoms with E-state index in [2.05, 4.69) is 5.32 Å². The Morgan fingerprint density at radius 2 is 1.93 bits per heavy atom. The Kier molecular flexibility index (Phi) is 7.48. The Morgan fingerprint density at radius 1 is 1.29 bits per heavy atom. The molecule has 0 saturated heterocycles. The van der Waals surface area contributed by atoms with Gasteiger partial charge >= 0.3 is 0 Å². The molecule has 0 aliphatic rings. The fourth-order valence-corrected chi connectivity index (χ4v) is 1.06. The molecule has 0 aliphatic carbocycles. The maximum Gasteiger partial charge on any atom is 0.220 e. The zero-order valence-electron chi connectivity index (χ0n) is 9.80. The first kappa shape index (κ1) is 13.4. The summed E-state index contributed by atoms with van der Waals surface area (Å²) in [7, 11) is 0. The summed E-state index contributed by atoms with van der Waals surface area (Å²) in [6.45, 7) is 9.55. The number of hydrogen-bond acceptors (Lipinski definition) is 2. The van der Waals surface area contributed by atoms with Crippen LogP contribution in [-0.2, 0) is 9.53 Å². The largest absolute Gasteiger partial charge is 0.379 e. The molecule has 1 N–H and O–H groups in total. The van der Waals surface area contributed by atoms with Crippen LogP contribution < -0.4 is 5.32 Å². The van der Waals surface area contributed by atoms with Crippen molar-refractivity contribution in [3.63, 3.8) is 0 Å². The number of ether oxygens (including phenoxy) is 1. The predicted molar refractivity (Wildman–Crippen MR) is 58.2 cm³/mol. The van der Waals surface area contributed by atoms with Crippen LogP contribution in [0.5, 0.6) is 0 Å². The molecule has 0 bridgehead atoms. The van der Waals surface area contributed by atoms with Crippen molar-refractivity contribution in [1.29, 1.82) is 0 Å². The number of carbonyl (C=O) groups is 1. The van der Waals surface area contributed by atoms with Crippen LogP contribution in [-0.4, -0.2) is 25.2 Å². The molecule has 84 valence electrons. The van der Waals surface area contributed by atoms with Gasteiger partial charge in [-0.05, 0) is 26.2 Å². The lowest BCUT2D eigenvalue weighted by atomic mass is 10.1. The molecule has 0 spiro atoms. The van der Waals surface area contributed by atoms with Crippen LogP contribution in [0.2, 0.25) is 0 Å². The number of hydrogen-bond donors (Lipinski definition) is 1. The standard InChI is InChI=1S/C11H23NO2/c1-9(2)8-11(13)12-6-5-7-14-10(3)4/h9-10H,5-8H2,1-4H3,(H,12,13). The molecular weight excluding hydrogens is 178 g/mol. The SMILES string of the molecule is CC(C)CC(=O)NCCCOC(C)C. The first-order valence-corrected chi connectivity index (χ1v) is 5.40. The van der Waals surface area contributed by atoms with E-state index in [9.17, 15) is 4.79 Å². The first-order chi connectivity index (χ1) is 6.52. The van der Waals surface area contributed by atoms with E-state index in [1.807, 2.05) is 27.7 Å². The van der Waals surface area contributed by atoms with Gasteiger partial charge in [0.25, 0.3) is 0 Å². The Bertz CT molecular complexity index is 155. The van der Waals surface area contributed by atoms with E-state index in [0.717, 1.165) is 19.6 Å². The van der Waals surface area contributed by atoms with Gasteiger partial charge in [-0.2, -0.15) is 0 Å². The summed E-state index contributed by atoms with van der Waals surface area (Å²) in [6.07, 6.45) is 1.79. The molecule has 14 heavy (non-hydrogen) atoms. The minimum Gasteiger partial charge on any atom is -0.379 e. The van der Waals surface area contributed by atoms with Crippen molar-refractivity contribution in [3.8, 4) is 0 Å². The smallest absolute Gasteiger partial charge is 0.220 e. The highest BCUT2D eigenvalue weighted by molar-refractivity contribution is 5.75. The number of rotatable bonds is 7. The molecule has 1 amide bonds. The molecule has 0 rings (SSSR count). The molecule has 0 saturated carbocycles. The Hall–Kier alpha value is -0.570. The van der Waals surface area contributed by atoms with E-state index < -0.39 is 0 Å². The van der Waals surface area contributed by atoms with Crippen LogP contribution in [0.25, 0.3) is 0 Å². The van der Waals surface area contributed by atoms with Crippen molar-refractivity contribution in [2.75, 3.05) is 13.2 Å². The van der Waals surface area contributed by atoms with Gasteiger partial charge < -0.3 is 10.1 Å². The Balaban J connectivity index is 3.23. The normalized spacial score (nSPS) is 11.0. The molecule has 0 aromatic carbocycles. The quantitative estimate of drug-likeness (QED) is 0.639. The van der Waals surface area contributed by atoms with Gasteiger partial charge in [0.1, 0.15) is 0 Å². The van der Waals surface area contributed by atoms with E-state index in [1.165, 1.54) is 0 Å². The minimum atomic E-state index is 0.143. The van der Waals surface area contributed by atoms with Gasteiger partial charge in [-0.25, -0.2) is 0 Å². The molecule has 0 heterocycles. The lowest BCUT2D eigenvalue weighted by Gasteiger charge is -2.09. The molecule has 0 aliphatic heterocycles. The first-order valence-electron chi connectivity index (χ1n) is 5.40. The molecule has 3 nitrogen and oxygen atoms in total. The van der Waals surface area contributed by atoms with Crippen molar-refractivity contribution in [1.82, 2.24) is 5.32 Å². The van der Waals surface area contributed by atoms with Gasteiger partial charge in [-0.3, -0.25) is 4.79 Å². The van der Waals surface area contributed by atoms with Crippen molar-refractivity contribution in [3.05, 3.63) is 0 Å². The Morgan fingerprint density at radius 3 is 2.43 bits per heavy atom. The number of carbonyl (C=O) groups excluding carboxylic acids is 1. The predicted octanol–water partition coefficient (Wildman–Crippen LogP) is 1.96. The second-order valence-corrected chi connectivity index (χ2v) is 4.22. The molecule has 0 atom stereocenters. The molecular formula is C11H23NO2. The van der Waals surface area contributed by atoms with E-state index in [-0.39, 0.29) is 12.0 Å². The molecule has 3 heteroatoms. The molecule has 0 unspecified atom stereocenters. The fourth-order valence-electron chi connectivity index (χ4n) is 1.06. The minimum absolute atomic E-state index is 0.143. The average Bonchev–Trinajstić information content (AvgIpc) is 2.01. The summed E-state index contributed by atoms with van der Waals surface area (Å²) in [5.74, 6) is 0.575. The summed E-state index contributed by atoms with van der Waals surface area (Å²) >= 11 is 0. The third kappa shape index (κ3) is 9.52. The summed E-state index contributed by atoms with van der Waals surface area (Å²) in [5, 5.41) is 2.87. The van der Waals surface area contributed by atoms with Gasteiger partial charge in [-0.15, -0.1) is 0 Å². The number of amides is 1. The summed E-state index contributed by atoms with van der Waals surface area (Å²) in [5.41, 5.74) is 0. The lowest BCUT2D eigenvalue weighted by molar-refractivity contribution is -0.121. The molecule has 0 radical (unpaired) electrons. The molecule has 0 aromatic heterocycles. The van der Waals surface area contributed by atoms with E-state index >= 15 is 0 Å². The maximum absolute atomic E-state index is 11.2. The highest BCUT2D eigenvalue weighted by Crippen LogP contribution is 1.98. The third-order valence-corrected chi connectivity index (χ3v) is 1.69. The molecule has 0 fully saturated rings. The van der Waals surface area contributed by atoms with Crippen molar-refractivity contribution in [2.45, 2.75) is 46.6 Å². The topological polar surface area (TPSA) is 38.3 Å². The van der Waals surface area contributed by atoms with Crippen LogP contribution in [0.1, 0.15) is 40.5 Å². The van der Waals surface area contributed by atoms with Crippen molar-refractivity contribution in [2.24, 2.45) is 5.92 Å².